The number of nitro groups is 1. The third kappa shape index (κ3) is 2.00. The topological polar surface area (TPSA) is 77.1 Å². The number of aryl methyl sites for hydroxylation is 1. The number of fused-ring (bicyclic) bond motifs is 1. The summed E-state index contributed by atoms with van der Waals surface area (Å²) in [5, 5.41) is 16.0. The van der Waals surface area contributed by atoms with Crippen molar-refractivity contribution in [2.45, 2.75) is 19.3 Å². The lowest BCUT2D eigenvalue weighted by molar-refractivity contribution is -0.384. The van der Waals surface area contributed by atoms with Crippen LogP contribution in [0, 0.1) is 10.1 Å². The van der Waals surface area contributed by atoms with Crippen molar-refractivity contribution in [1.82, 2.24) is 14.8 Å². The summed E-state index contributed by atoms with van der Waals surface area (Å²) >= 11 is 0. The molecule has 0 atom stereocenters. The predicted molar refractivity (Wildman–Crippen MR) is 71.2 cm³/mol. The lowest BCUT2D eigenvalue weighted by Gasteiger charge is -2.27. The number of hydrogen-bond acceptors (Lipinski definition) is 5. The van der Waals surface area contributed by atoms with Crippen LogP contribution < -0.4 is 4.90 Å². The SMILES string of the molecule is Cn1ncc2cc([N+](=O)[O-])c(N3CCCCC3)nc21. The van der Waals surface area contributed by atoms with E-state index in [9.17, 15) is 10.1 Å². The van der Waals surface area contributed by atoms with Gasteiger partial charge in [0.25, 0.3) is 0 Å². The Kier molecular flexibility index (Phi) is 2.81. The predicted octanol–water partition coefficient (Wildman–Crippen LogP) is 1.87. The Balaban J connectivity index is 2.15. The Hall–Kier alpha value is -2.18. The summed E-state index contributed by atoms with van der Waals surface area (Å²) in [5.41, 5.74) is 0.758. The second-order valence-electron chi connectivity index (χ2n) is 4.82. The molecule has 1 aliphatic rings. The minimum Gasteiger partial charge on any atom is -0.351 e. The second-order valence-corrected chi connectivity index (χ2v) is 4.82. The maximum absolute atomic E-state index is 11.2. The molecule has 1 saturated heterocycles. The van der Waals surface area contributed by atoms with Gasteiger partial charge in [0.15, 0.2) is 5.65 Å². The van der Waals surface area contributed by atoms with Crippen molar-refractivity contribution in [3.8, 4) is 0 Å². The maximum Gasteiger partial charge on any atom is 0.312 e. The summed E-state index contributed by atoms with van der Waals surface area (Å²) in [7, 11) is 1.79. The van der Waals surface area contributed by atoms with Gasteiger partial charge in [-0.05, 0) is 19.3 Å². The van der Waals surface area contributed by atoms with E-state index in [1.807, 2.05) is 4.90 Å². The first kappa shape index (κ1) is 11.9. The second kappa shape index (κ2) is 4.49. The van der Waals surface area contributed by atoms with Crippen molar-refractivity contribution < 1.29 is 4.92 Å². The van der Waals surface area contributed by atoms with Crippen LogP contribution in [0.4, 0.5) is 11.5 Å². The van der Waals surface area contributed by atoms with Crippen molar-refractivity contribution in [2.24, 2.45) is 7.05 Å². The molecule has 0 radical (unpaired) electrons. The van der Waals surface area contributed by atoms with E-state index in [2.05, 4.69) is 10.1 Å². The zero-order chi connectivity index (χ0) is 13.4. The average molecular weight is 261 g/mol. The van der Waals surface area contributed by atoms with E-state index in [0.717, 1.165) is 25.9 Å². The highest BCUT2D eigenvalue weighted by Crippen LogP contribution is 2.31. The van der Waals surface area contributed by atoms with E-state index in [4.69, 9.17) is 0 Å². The molecule has 0 bridgehead atoms. The summed E-state index contributed by atoms with van der Waals surface area (Å²) in [4.78, 5) is 17.3. The van der Waals surface area contributed by atoms with Crippen LogP contribution in [0.25, 0.3) is 11.0 Å². The fraction of sp³-hybridized carbons (Fsp3) is 0.500. The third-order valence-corrected chi connectivity index (χ3v) is 3.52. The highest BCUT2D eigenvalue weighted by molar-refractivity contribution is 5.81. The molecule has 0 aliphatic carbocycles. The van der Waals surface area contributed by atoms with Crippen molar-refractivity contribution in [2.75, 3.05) is 18.0 Å². The molecule has 1 fully saturated rings. The van der Waals surface area contributed by atoms with Gasteiger partial charge < -0.3 is 4.90 Å². The van der Waals surface area contributed by atoms with E-state index in [-0.39, 0.29) is 10.6 Å². The minimum atomic E-state index is -0.358. The molecule has 2 aromatic heterocycles. The zero-order valence-electron chi connectivity index (χ0n) is 10.7. The van der Waals surface area contributed by atoms with E-state index in [1.54, 1.807) is 24.0 Å². The first-order valence-electron chi connectivity index (χ1n) is 6.39. The van der Waals surface area contributed by atoms with Gasteiger partial charge in [-0.15, -0.1) is 0 Å². The molecule has 7 heteroatoms. The molecule has 0 N–H and O–H groups in total. The Morgan fingerprint density at radius 2 is 2.05 bits per heavy atom. The summed E-state index contributed by atoms with van der Waals surface area (Å²) in [6.45, 7) is 1.66. The number of pyridine rings is 1. The van der Waals surface area contributed by atoms with Crippen molar-refractivity contribution in [3.05, 3.63) is 22.4 Å². The maximum atomic E-state index is 11.2. The Labute approximate surface area is 110 Å². The van der Waals surface area contributed by atoms with Crippen LogP contribution in [-0.2, 0) is 7.05 Å². The standard InChI is InChI=1S/C12H15N5O2/c1-15-11-9(8-13-15)7-10(17(18)19)12(14-11)16-5-3-2-4-6-16/h7-8H,2-6H2,1H3. The number of hydrogen-bond donors (Lipinski definition) is 0. The van der Waals surface area contributed by atoms with Gasteiger partial charge in [0.2, 0.25) is 5.82 Å². The Morgan fingerprint density at radius 1 is 1.32 bits per heavy atom. The number of piperidine rings is 1. The molecule has 0 aromatic carbocycles. The fourth-order valence-corrected chi connectivity index (χ4v) is 2.53. The normalized spacial score (nSPS) is 15.9. The van der Waals surface area contributed by atoms with Crippen molar-refractivity contribution in [1.29, 1.82) is 0 Å². The molecule has 0 saturated carbocycles. The number of rotatable bonds is 2. The number of nitrogens with zero attached hydrogens (tertiary/aromatic N) is 5. The van der Waals surface area contributed by atoms with Gasteiger partial charge >= 0.3 is 5.69 Å². The Morgan fingerprint density at radius 3 is 2.74 bits per heavy atom. The zero-order valence-corrected chi connectivity index (χ0v) is 10.7. The van der Waals surface area contributed by atoms with Gasteiger partial charge in [0, 0.05) is 31.6 Å². The van der Waals surface area contributed by atoms with Gasteiger partial charge in [0.1, 0.15) is 0 Å². The van der Waals surface area contributed by atoms with E-state index < -0.39 is 0 Å². The molecule has 0 unspecified atom stereocenters. The first-order chi connectivity index (χ1) is 9.16. The lowest BCUT2D eigenvalue weighted by atomic mass is 10.1. The fourth-order valence-electron chi connectivity index (χ4n) is 2.53. The number of aromatic nitrogens is 3. The summed E-state index contributed by atoms with van der Waals surface area (Å²) in [5.74, 6) is 0.473. The molecule has 19 heavy (non-hydrogen) atoms. The van der Waals surface area contributed by atoms with Gasteiger partial charge in [-0.3, -0.25) is 14.8 Å². The molecule has 3 rings (SSSR count). The largest absolute Gasteiger partial charge is 0.351 e. The first-order valence-corrected chi connectivity index (χ1v) is 6.39. The molecule has 2 aromatic rings. The molecule has 0 spiro atoms. The Bertz CT molecular complexity index is 630. The highest BCUT2D eigenvalue weighted by atomic mass is 16.6. The molecular formula is C12H15N5O2. The quantitative estimate of drug-likeness (QED) is 0.609. The monoisotopic (exact) mass is 261 g/mol. The lowest BCUT2D eigenvalue weighted by Crippen LogP contribution is -2.30. The molecule has 7 nitrogen and oxygen atoms in total. The van der Waals surface area contributed by atoms with E-state index in [1.165, 1.54) is 6.42 Å². The van der Waals surface area contributed by atoms with Gasteiger partial charge in [-0.25, -0.2) is 4.98 Å². The van der Waals surface area contributed by atoms with Gasteiger partial charge in [-0.1, -0.05) is 0 Å². The van der Waals surface area contributed by atoms with Crippen LogP contribution in [0.1, 0.15) is 19.3 Å². The van der Waals surface area contributed by atoms with Gasteiger partial charge in [0.05, 0.1) is 11.1 Å². The molecule has 100 valence electrons. The van der Waals surface area contributed by atoms with Crippen LogP contribution in [0.2, 0.25) is 0 Å². The minimum absolute atomic E-state index is 0.0717. The molecular weight excluding hydrogens is 246 g/mol. The van der Waals surface area contributed by atoms with Crippen molar-refractivity contribution >= 4 is 22.5 Å². The summed E-state index contributed by atoms with van der Waals surface area (Å²) in [6, 6.07) is 1.57. The third-order valence-electron chi connectivity index (χ3n) is 3.52. The van der Waals surface area contributed by atoms with Crippen LogP contribution in [0.15, 0.2) is 12.3 Å². The van der Waals surface area contributed by atoms with Crippen molar-refractivity contribution in [3.63, 3.8) is 0 Å². The summed E-state index contributed by atoms with van der Waals surface area (Å²) in [6.07, 6.45) is 4.90. The van der Waals surface area contributed by atoms with E-state index >= 15 is 0 Å². The number of anilines is 1. The molecule has 3 heterocycles. The molecule has 0 amide bonds. The smallest absolute Gasteiger partial charge is 0.312 e. The van der Waals surface area contributed by atoms with Gasteiger partial charge in [-0.2, -0.15) is 5.10 Å². The molecule has 1 aliphatic heterocycles. The summed E-state index contributed by atoms with van der Waals surface area (Å²) < 4.78 is 1.65. The van der Waals surface area contributed by atoms with E-state index in [0.29, 0.717) is 16.9 Å². The van der Waals surface area contributed by atoms with Crippen LogP contribution in [0.5, 0.6) is 0 Å². The highest BCUT2D eigenvalue weighted by Gasteiger charge is 2.24. The average Bonchev–Trinajstić information content (AvgIpc) is 2.79. The van der Waals surface area contributed by atoms with Crippen LogP contribution in [-0.4, -0.2) is 32.8 Å². The van der Waals surface area contributed by atoms with Crippen LogP contribution in [0.3, 0.4) is 0 Å². The van der Waals surface area contributed by atoms with Crippen LogP contribution >= 0.6 is 0 Å².